The normalized spacial score (nSPS) is 13.5. The molecule has 0 aromatic carbocycles. The van der Waals surface area contributed by atoms with E-state index in [1.807, 2.05) is 0 Å². The Bertz CT molecular complexity index is 282. The Morgan fingerprint density at radius 1 is 1.33 bits per heavy atom. The zero-order chi connectivity index (χ0) is 11.9. The van der Waals surface area contributed by atoms with E-state index in [4.69, 9.17) is 12.2 Å². The molecule has 0 aromatic rings. The molecule has 0 radical (unpaired) electrons. The van der Waals surface area contributed by atoms with Crippen LogP contribution in [0.25, 0.3) is 0 Å². The molecule has 0 aromatic heterocycles. The molecule has 0 aliphatic heterocycles. The largest absolute Gasteiger partial charge is 0.469 e. The summed E-state index contributed by atoms with van der Waals surface area (Å²) < 4.78 is 8.89. The first-order valence-electron chi connectivity index (χ1n) is 4.37. The van der Waals surface area contributed by atoms with Gasteiger partial charge in [-0.05, 0) is 6.42 Å². The minimum absolute atomic E-state index is 0.0776. The van der Waals surface area contributed by atoms with Crippen molar-refractivity contribution in [3.63, 3.8) is 0 Å². The molecular formula is C10H15NO4. The third-order valence-corrected chi connectivity index (χ3v) is 1.98. The highest BCUT2D eigenvalue weighted by Crippen LogP contribution is 2.14. The number of ether oxygens (including phenoxy) is 2. The van der Waals surface area contributed by atoms with Crippen molar-refractivity contribution in [2.75, 3.05) is 14.2 Å². The highest BCUT2D eigenvalue weighted by atomic mass is 16.5. The molecule has 0 fully saturated rings. The minimum atomic E-state index is -1.15. The van der Waals surface area contributed by atoms with Gasteiger partial charge in [-0.25, -0.2) is 0 Å². The number of esters is 2. The SMILES string of the molecule is C#CC(N)(CCC(=O)OC)CC(=O)OC. The molecule has 1 unspecified atom stereocenters. The average molecular weight is 213 g/mol. The summed E-state index contributed by atoms with van der Waals surface area (Å²) in [4.78, 5) is 21.9. The Labute approximate surface area is 88.9 Å². The molecule has 0 bridgehead atoms. The minimum Gasteiger partial charge on any atom is -0.469 e. The van der Waals surface area contributed by atoms with Crippen molar-refractivity contribution in [2.45, 2.75) is 24.8 Å². The van der Waals surface area contributed by atoms with Gasteiger partial charge < -0.3 is 15.2 Å². The van der Waals surface area contributed by atoms with Gasteiger partial charge in [-0.3, -0.25) is 9.59 Å². The summed E-state index contributed by atoms with van der Waals surface area (Å²) in [5.41, 5.74) is 4.58. The van der Waals surface area contributed by atoms with Crippen LogP contribution in [0.2, 0.25) is 0 Å². The van der Waals surface area contributed by atoms with Gasteiger partial charge in [0.2, 0.25) is 0 Å². The summed E-state index contributed by atoms with van der Waals surface area (Å²) in [7, 11) is 2.52. The van der Waals surface area contributed by atoms with E-state index in [9.17, 15) is 9.59 Å². The number of rotatable bonds is 5. The highest BCUT2D eigenvalue weighted by molar-refractivity contribution is 5.72. The van der Waals surface area contributed by atoms with E-state index < -0.39 is 17.5 Å². The fraction of sp³-hybridized carbons (Fsp3) is 0.600. The first-order valence-corrected chi connectivity index (χ1v) is 4.37. The van der Waals surface area contributed by atoms with Gasteiger partial charge in [-0.15, -0.1) is 6.42 Å². The Morgan fingerprint density at radius 2 is 1.87 bits per heavy atom. The van der Waals surface area contributed by atoms with Gasteiger partial charge >= 0.3 is 11.9 Å². The van der Waals surface area contributed by atoms with Crippen molar-refractivity contribution in [3.05, 3.63) is 0 Å². The van der Waals surface area contributed by atoms with Crippen LogP contribution in [0.4, 0.5) is 0 Å². The summed E-state index contributed by atoms with van der Waals surface area (Å²) in [6.07, 6.45) is 5.35. The first kappa shape index (κ1) is 13.5. The summed E-state index contributed by atoms with van der Waals surface area (Å²) in [6, 6.07) is 0. The maximum absolute atomic E-state index is 11.0. The topological polar surface area (TPSA) is 78.6 Å². The van der Waals surface area contributed by atoms with Crippen LogP contribution in [0, 0.1) is 12.3 Å². The second-order valence-electron chi connectivity index (χ2n) is 3.13. The first-order chi connectivity index (χ1) is 6.97. The van der Waals surface area contributed by atoms with E-state index in [-0.39, 0.29) is 19.3 Å². The molecule has 0 amide bonds. The molecule has 0 rings (SSSR count). The van der Waals surface area contributed by atoms with Crippen LogP contribution in [-0.2, 0) is 19.1 Å². The van der Waals surface area contributed by atoms with Crippen molar-refractivity contribution in [1.82, 2.24) is 0 Å². The van der Waals surface area contributed by atoms with Crippen molar-refractivity contribution in [3.8, 4) is 12.3 Å². The van der Waals surface area contributed by atoms with Crippen molar-refractivity contribution in [2.24, 2.45) is 5.73 Å². The summed E-state index contributed by atoms with van der Waals surface area (Å²) in [5, 5.41) is 0. The van der Waals surface area contributed by atoms with Crippen molar-refractivity contribution < 1.29 is 19.1 Å². The number of hydrogen-bond donors (Lipinski definition) is 1. The summed E-state index contributed by atoms with van der Waals surface area (Å²) in [5.74, 6) is 1.38. The van der Waals surface area contributed by atoms with E-state index in [1.165, 1.54) is 14.2 Å². The smallest absolute Gasteiger partial charge is 0.308 e. The Morgan fingerprint density at radius 3 is 2.27 bits per heavy atom. The quantitative estimate of drug-likeness (QED) is 0.507. The standard InChI is InChI=1S/C10H15NO4/c1-4-10(11,7-9(13)15-3)6-5-8(12)14-2/h1H,5-7,11H2,2-3H3. The Balaban J connectivity index is 4.26. The predicted molar refractivity (Wildman–Crippen MR) is 53.6 cm³/mol. The Kier molecular flexibility index (Phi) is 5.42. The molecular weight excluding hydrogens is 198 g/mol. The summed E-state index contributed by atoms with van der Waals surface area (Å²) in [6.45, 7) is 0. The molecule has 1 atom stereocenters. The number of carbonyl (C=O) groups is 2. The lowest BCUT2D eigenvalue weighted by atomic mass is 9.92. The van der Waals surface area contributed by atoms with Crippen molar-refractivity contribution >= 4 is 11.9 Å². The van der Waals surface area contributed by atoms with Crippen LogP contribution in [0.15, 0.2) is 0 Å². The third-order valence-electron chi connectivity index (χ3n) is 1.98. The lowest BCUT2D eigenvalue weighted by molar-refractivity contribution is -0.143. The monoisotopic (exact) mass is 213 g/mol. The van der Waals surface area contributed by atoms with Crippen LogP contribution in [0.1, 0.15) is 19.3 Å². The molecule has 5 heteroatoms. The molecule has 15 heavy (non-hydrogen) atoms. The van der Waals surface area contributed by atoms with Crippen LogP contribution in [-0.4, -0.2) is 31.7 Å². The molecule has 84 valence electrons. The molecule has 0 saturated heterocycles. The fourth-order valence-corrected chi connectivity index (χ4v) is 0.969. The molecule has 2 N–H and O–H groups in total. The molecule has 0 spiro atoms. The zero-order valence-corrected chi connectivity index (χ0v) is 8.91. The second kappa shape index (κ2) is 6.04. The zero-order valence-electron chi connectivity index (χ0n) is 8.91. The van der Waals surface area contributed by atoms with Gasteiger partial charge in [0, 0.05) is 6.42 Å². The predicted octanol–water partition coefficient (Wildman–Crippen LogP) is -0.167. The number of methoxy groups -OCH3 is 2. The van der Waals surface area contributed by atoms with E-state index in [1.54, 1.807) is 0 Å². The van der Waals surface area contributed by atoms with Gasteiger partial charge in [-0.1, -0.05) is 5.92 Å². The van der Waals surface area contributed by atoms with Gasteiger partial charge in [0.25, 0.3) is 0 Å². The van der Waals surface area contributed by atoms with Gasteiger partial charge in [-0.2, -0.15) is 0 Å². The van der Waals surface area contributed by atoms with Crippen molar-refractivity contribution in [1.29, 1.82) is 0 Å². The molecule has 5 nitrogen and oxygen atoms in total. The van der Waals surface area contributed by atoms with E-state index >= 15 is 0 Å². The number of terminal acetylenes is 1. The van der Waals surface area contributed by atoms with E-state index in [0.29, 0.717) is 0 Å². The molecule has 0 aliphatic carbocycles. The van der Waals surface area contributed by atoms with Crippen LogP contribution < -0.4 is 5.73 Å². The van der Waals surface area contributed by atoms with Gasteiger partial charge in [0.05, 0.1) is 26.2 Å². The average Bonchev–Trinajstić information content (AvgIpc) is 2.25. The lowest BCUT2D eigenvalue weighted by Gasteiger charge is -2.21. The second-order valence-corrected chi connectivity index (χ2v) is 3.13. The molecule has 0 saturated carbocycles. The maximum Gasteiger partial charge on any atom is 0.308 e. The third kappa shape index (κ3) is 5.03. The Hall–Kier alpha value is -1.54. The lowest BCUT2D eigenvalue weighted by Crippen LogP contribution is -2.41. The molecule has 0 heterocycles. The number of hydrogen-bond acceptors (Lipinski definition) is 5. The highest BCUT2D eigenvalue weighted by Gasteiger charge is 2.27. The van der Waals surface area contributed by atoms with Crippen LogP contribution in [0.5, 0.6) is 0 Å². The number of carbonyl (C=O) groups excluding carboxylic acids is 2. The summed E-state index contributed by atoms with van der Waals surface area (Å²) >= 11 is 0. The molecule has 0 aliphatic rings. The fourth-order valence-electron chi connectivity index (χ4n) is 0.969. The van der Waals surface area contributed by atoms with E-state index in [0.717, 1.165) is 0 Å². The van der Waals surface area contributed by atoms with Gasteiger partial charge in [0.1, 0.15) is 0 Å². The van der Waals surface area contributed by atoms with Crippen LogP contribution in [0.3, 0.4) is 0 Å². The van der Waals surface area contributed by atoms with Gasteiger partial charge in [0.15, 0.2) is 0 Å². The van der Waals surface area contributed by atoms with Crippen LogP contribution >= 0.6 is 0 Å². The number of nitrogens with two attached hydrogens (primary N) is 1. The van der Waals surface area contributed by atoms with E-state index in [2.05, 4.69) is 15.4 Å². The maximum atomic E-state index is 11.0.